The summed E-state index contributed by atoms with van der Waals surface area (Å²) in [4.78, 5) is 7.60. The van der Waals surface area contributed by atoms with Crippen molar-refractivity contribution in [3.8, 4) is 0 Å². The van der Waals surface area contributed by atoms with Crippen LogP contribution in [0.2, 0.25) is 0 Å². The second kappa shape index (κ2) is 9.13. The lowest BCUT2D eigenvalue weighted by Crippen LogP contribution is -2.55. The van der Waals surface area contributed by atoms with Crippen molar-refractivity contribution >= 4 is 0 Å². The van der Waals surface area contributed by atoms with Crippen LogP contribution in [0, 0.1) is 0 Å². The molecule has 0 amide bonds. The van der Waals surface area contributed by atoms with E-state index in [-0.39, 0.29) is 0 Å². The molecular weight excluding hydrogens is 330 g/mol. The molecule has 1 unspecified atom stereocenters. The van der Waals surface area contributed by atoms with Crippen LogP contribution in [-0.4, -0.2) is 69.1 Å². The van der Waals surface area contributed by atoms with Crippen LogP contribution in [0.15, 0.2) is 0 Å². The van der Waals surface area contributed by atoms with Crippen molar-refractivity contribution in [2.24, 2.45) is 0 Å². The molecule has 0 N–H and O–H groups in total. The predicted octanol–water partition coefficient (Wildman–Crippen LogP) is 5.64. The Bertz CT molecular complexity index is 371. The molecule has 3 saturated heterocycles. The molecule has 0 aromatic heterocycles. The molecule has 3 atom stereocenters. The van der Waals surface area contributed by atoms with E-state index in [2.05, 4.69) is 97.8 Å². The Hall–Kier alpha value is -0.120. The highest BCUT2D eigenvalue weighted by Crippen LogP contribution is 2.27. The van der Waals surface area contributed by atoms with E-state index in [1.165, 1.54) is 38.9 Å². The standard InChI is InChI=1S/3C8H17N/c3*1-7-5-6-9(7)8(2,3)4/h3*7H,5-6H2,1-4H3/t2*7-;/m10./s1. The maximum Gasteiger partial charge on any atom is 0.0127 e. The first kappa shape index (κ1) is 24.9. The highest BCUT2D eigenvalue weighted by molar-refractivity contribution is 4.89. The normalized spacial score (nSPS) is 30.0. The lowest BCUT2D eigenvalue weighted by molar-refractivity contribution is 0.0119. The Morgan fingerprint density at radius 2 is 0.630 bits per heavy atom. The van der Waals surface area contributed by atoms with Crippen LogP contribution in [0.5, 0.6) is 0 Å². The van der Waals surface area contributed by atoms with Gasteiger partial charge >= 0.3 is 0 Å². The van der Waals surface area contributed by atoms with Crippen molar-refractivity contribution < 1.29 is 0 Å². The molecule has 3 rings (SSSR count). The SMILES string of the molecule is CC1CCN1C(C)(C)C.C[C@@H]1CCN1C(C)(C)C.C[C@H]1CCN1C(C)(C)C. The maximum absolute atomic E-state index is 2.53. The minimum absolute atomic E-state index is 0.400. The van der Waals surface area contributed by atoms with Crippen molar-refractivity contribution in [1.82, 2.24) is 14.7 Å². The van der Waals surface area contributed by atoms with E-state index in [1.807, 2.05) is 0 Å². The predicted molar refractivity (Wildman–Crippen MR) is 122 cm³/mol. The average Bonchev–Trinajstić information content (AvgIpc) is 2.38. The van der Waals surface area contributed by atoms with Gasteiger partial charge in [-0.1, -0.05) is 0 Å². The fourth-order valence-electron chi connectivity index (χ4n) is 4.54. The zero-order chi connectivity index (χ0) is 21.2. The molecule has 3 fully saturated rings. The molecule has 0 aromatic carbocycles. The van der Waals surface area contributed by atoms with Gasteiger partial charge in [-0.15, -0.1) is 0 Å². The van der Waals surface area contributed by atoms with Crippen LogP contribution in [-0.2, 0) is 0 Å². The molecule has 0 bridgehead atoms. The first-order chi connectivity index (χ1) is 12.0. The van der Waals surface area contributed by atoms with E-state index in [9.17, 15) is 0 Å². The molecule has 3 aliphatic heterocycles. The number of likely N-dealkylation sites (tertiary alicyclic amines) is 3. The van der Waals surface area contributed by atoms with Gasteiger partial charge in [0.2, 0.25) is 0 Å². The number of hydrogen-bond donors (Lipinski definition) is 0. The molecule has 0 radical (unpaired) electrons. The van der Waals surface area contributed by atoms with E-state index in [0.717, 1.165) is 18.1 Å². The van der Waals surface area contributed by atoms with Crippen molar-refractivity contribution in [3.05, 3.63) is 0 Å². The third-order valence-corrected chi connectivity index (χ3v) is 6.54. The van der Waals surface area contributed by atoms with Gasteiger partial charge in [-0.25, -0.2) is 0 Å². The average molecular weight is 382 g/mol. The van der Waals surface area contributed by atoms with Gasteiger partial charge in [-0.3, -0.25) is 14.7 Å². The van der Waals surface area contributed by atoms with Crippen LogP contribution in [0.25, 0.3) is 0 Å². The highest BCUT2D eigenvalue weighted by atomic mass is 15.3. The molecule has 0 aliphatic carbocycles. The zero-order valence-electron chi connectivity index (χ0n) is 20.8. The van der Waals surface area contributed by atoms with Crippen LogP contribution < -0.4 is 0 Å². The Morgan fingerprint density at radius 1 is 0.444 bits per heavy atom. The first-order valence-electron chi connectivity index (χ1n) is 11.4. The van der Waals surface area contributed by atoms with E-state index in [1.54, 1.807) is 0 Å². The van der Waals surface area contributed by atoms with Gasteiger partial charge in [-0.2, -0.15) is 0 Å². The summed E-state index contributed by atoms with van der Waals surface area (Å²) in [6.07, 6.45) is 4.16. The smallest absolute Gasteiger partial charge is 0.0127 e. The van der Waals surface area contributed by atoms with Gasteiger partial charge in [0.25, 0.3) is 0 Å². The lowest BCUT2D eigenvalue weighted by atomic mass is 9.95. The number of nitrogens with zero attached hydrogens (tertiary/aromatic N) is 3. The van der Waals surface area contributed by atoms with Crippen molar-refractivity contribution in [2.75, 3.05) is 19.6 Å². The quantitative estimate of drug-likeness (QED) is 0.538. The Morgan fingerprint density at radius 3 is 0.630 bits per heavy atom. The van der Waals surface area contributed by atoms with Crippen molar-refractivity contribution in [3.63, 3.8) is 0 Å². The number of hydrogen-bond acceptors (Lipinski definition) is 3. The van der Waals surface area contributed by atoms with Crippen molar-refractivity contribution in [1.29, 1.82) is 0 Å². The minimum atomic E-state index is 0.400. The summed E-state index contributed by atoms with van der Waals surface area (Å²) in [5.74, 6) is 0. The van der Waals surface area contributed by atoms with Crippen LogP contribution in [0.4, 0.5) is 0 Å². The molecule has 162 valence electrons. The molecular formula is C24H51N3. The molecule has 27 heavy (non-hydrogen) atoms. The second-order valence-corrected chi connectivity index (χ2v) is 12.0. The number of rotatable bonds is 0. The van der Waals surface area contributed by atoms with E-state index in [0.29, 0.717) is 16.6 Å². The van der Waals surface area contributed by atoms with Crippen LogP contribution >= 0.6 is 0 Å². The van der Waals surface area contributed by atoms with Gasteiger partial charge in [0.15, 0.2) is 0 Å². The van der Waals surface area contributed by atoms with Gasteiger partial charge in [0.05, 0.1) is 0 Å². The fraction of sp³-hybridized carbons (Fsp3) is 1.00. The summed E-state index contributed by atoms with van der Waals surface area (Å²) in [5, 5.41) is 0. The summed E-state index contributed by atoms with van der Waals surface area (Å²) in [5.41, 5.74) is 1.20. The van der Waals surface area contributed by atoms with E-state index >= 15 is 0 Å². The fourth-order valence-corrected chi connectivity index (χ4v) is 4.54. The first-order valence-corrected chi connectivity index (χ1v) is 11.4. The van der Waals surface area contributed by atoms with Crippen LogP contribution in [0.1, 0.15) is 102 Å². The van der Waals surface area contributed by atoms with Gasteiger partial charge in [0, 0.05) is 54.4 Å². The summed E-state index contributed by atoms with van der Waals surface area (Å²) < 4.78 is 0. The lowest BCUT2D eigenvalue weighted by Gasteiger charge is -2.48. The third kappa shape index (κ3) is 7.33. The third-order valence-electron chi connectivity index (χ3n) is 6.54. The van der Waals surface area contributed by atoms with Crippen molar-refractivity contribution in [2.45, 2.75) is 137 Å². The van der Waals surface area contributed by atoms with Gasteiger partial charge in [0.1, 0.15) is 0 Å². The second-order valence-electron chi connectivity index (χ2n) is 12.0. The topological polar surface area (TPSA) is 9.72 Å². The van der Waals surface area contributed by atoms with E-state index < -0.39 is 0 Å². The summed E-state index contributed by atoms with van der Waals surface area (Å²) in [6.45, 7) is 31.3. The zero-order valence-corrected chi connectivity index (χ0v) is 20.8. The monoisotopic (exact) mass is 381 g/mol. The van der Waals surface area contributed by atoms with E-state index in [4.69, 9.17) is 0 Å². The van der Waals surface area contributed by atoms with Gasteiger partial charge in [-0.05, 0) is 102 Å². The molecule has 3 heterocycles. The molecule has 3 heteroatoms. The Labute approximate surface area is 171 Å². The summed E-state index contributed by atoms with van der Waals surface area (Å²) in [6, 6.07) is 2.47. The molecule has 0 spiro atoms. The summed E-state index contributed by atoms with van der Waals surface area (Å²) in [7, 11) is 0. The molecule has 0 aromatic rings. The minimum Gasteiger partial charge on any atom is -0.296 e. The highest BCUT2D eigenvalue weighted by Gasteiger charge is 2.33. The molecule has 0 saturated carbocycles. The van der Waals surface area contributed by atoms with Gasteiger partial charge < -0.3 is 0 Å². The Balaban J connectivity index is 0.000000202. The summed E-state index contributed by atoms with van der Waals surface area (Å²) >= 11 is 0. The largest absolute Gasteiger partial charge is 0.296 e. The molecule has 3 aliphatic rings. The maximum atomic E-state index is 2.53. The molecule has 3 nitrogen and oxygen atoms in total. The Kier molecular flexibility index (Phi) is 8.43. The van der Waals surface area contributed by atoms with Crippen LogP contribution in [0.3, 0.4) is 0 Å².